The van der Waals surface area contributed by atoms with Gasteiger partial charge in [0.25, 0.3) is 0 Å². The molecule has 9 aromatic carbocycles. The van der Waals surface area contributed by atoms with E-state index in [1.807, 2.05) is 47.7 Å². The number of fused-ring (bicyclic) bond motifs is 9. The van der Waals surface area contributed by atoms with E-state index in [-0.39, 0.29) is 0 Å². The molecule has 53 heavy (non-hydrogen) atoms. The van der Waals surface area contributed by atoms with Crippen LogP contribution in [-0.2, 0) is 0 Å². The van der Waals surface area contributed by atoms with Gasteiger partial charge in [0.15, 0.2) is 17.5 Å². The Morgan fingerprint density at radius 2 is 0.906 bits per heavy atom. The largest absolute Gasteiger partial charge is 0.208 e. The SMILES string of the molecule is c1ccc(-c2nc(-c3ccccc3)nc(-c3cccc4ccc(-c5cc6ccc7ccccc7c6c6sc7cc8ccccc8cc7c56)cc34)n2)cc1. The van der Waals surface area contributed by atoms with Crippen LogP contribution < -0.4 is 0 Å². The van der Waals surface area contributed by atoms with Gasteiger partial charge in [0, 0.05) is 42.2 Å². The van der Waals surface area contributed by atoms with Crippen LogP contribution in [0.25, 0.3) is 109 Å². The van der Waals surface area contributed by atoms with Crippen molar-refractivity contribution < 1.29 is 0 Å². The van der Waals surface area contributed by atoms with Gasteiger partial charge in [-0.25, -0.2) is 15.0 Å². The fraction of sp³-hybridized carbons (Fsp3) is 0. The number of benzene rings is 9. The second-order valence-corrected chi connectivity index (χ2v) is 14.6. The van der Waals surface area contributed by atoms with Crippen molar-refractivity contribution in [1.29, 1.82) is 0 Å². The lowest BCUT2D eigenvalue weighted by Gasteiger charge is -2.13. The van der Waals surface area contributed by atoms with E-state index in [4.69, 9.17) is 15.0 Å². The molecule has 0 saturated carbocycles. The van der Waals surface area contributed by atoms with Gasteiger partial charge >= 0.3 is 0 Å². The van der Waals surface area contributed by atoms with E-state index < -0.39 is 0 Å². The molecule has 0 unspecified atom stereocenters. The van der Waals surface area contributed by atoms with Gasteiger partial charge in [0.2, 0.25) is 0 Å². The molecule has 0 fully saturated rings. The maximum Gasteiger partial charge on any atom is 0.164 e. The number of aromatic nitrogens is 3. The summed E-state index contributed by atoms with van der Waals surface area (Å²) in [5.41, 5.74) is 5.28. The molecule has 0 N–H and O–H groups in total. The summed E-state index contributed by atoms with van der Waals surface area (Å²) in [7, 11) is 0. The van der Waals surface area contributed by atoms with Crippen LogP contribution in [0.3, 0.4) is 0 Å². The summed E-state index contributed by atoms with van der Waals surface area (Å²) >= 11 is 1.91. The maximum absolute atomic E-state index is 5.11. The van der Waals surface area contributed by atoms with Crippen LogP contribution in [0.2, 0.25) is 0 Å². The zero-order valence-corrected chi connectivity index (χ0v) is 29.3. The second kappa shape index (κ2) is 11.9. The van der Waals surface area contributed by atoms with Gasteiger partial charge in [-0.2, -0.15) is 0 Å². The van der Waals surface area contributed by atoms with Crippen LogP contribution in [0.1, 0.15) is 0 Å². The van der Waals surface area contributed by atoms with Gasteiger partial charge in [-0.05, 0) is 73.1 Å². The van der Waals surface area contributed by atoms with E-state index >= 15 is 0 Å². The maximum atomic E-state index is 5.11. The molecule has 2 heterocycles. The summed E-state index contributed by atoms with van der Waals surface area (Å²) in [6, 6.07) is 62.8. The summed E-state index contributed by atoms with van der Waals surface area (Å²) in [5.74, 6) is 1.97. The van der Waals surface area contributed by atoms with E-state index in [1.165, 1.54) is 63.6 Å². The first kappa shape index (κ1) is 29.9. The summed E-state index contributed by atoms with van der Waals surface area (Å²) in [6.45, 7) is 0. The standard InChI is InChI=1S/C49H29N3S/c1-3-13-32(14-4-1)47-50-48(33-15-5-2-6-16-33)52-49(51-47)39-21-11-19-31-22-24-36(27-40(31)39)41-28-37-25-23-30-12-9-10-20-38(30)44(37)46-45(41)42-26-34-17-7-8-18-35(34)29-43(42)53-46/h1-29H. The molecule has 0 spiro atoms. The molecule has 3 nitrogen and oxygen atoms in total. The molecule has 4 heteroatoms. The molecule has 0 aliphatic heterocycles. The zero-order valence-electron chi connectivity index (χ0n) is 28.5. The third-order valence-electron chi connectivity index (χ3n) is 10.4. The van der Waals surface area contributed by atoms with Gasteiger partial charge in [0.05, 0.1) is 0 Å². The summed E-state index contributed by atoms with van der Waals surface area (Å²) in [6.07, 6.45) is 0. The van der Waals surface area contributed by atoms with E-state index in [2.05, 4.69) is 140 Å². The lowest BCUT2D eigenvalue weighted by atomic mass is 9.91. The van der Waals surface area contributed by atoms with E-state index in [9.17, 15) is 0 Å². The molecular weight excluding hydrogens is 663 g/mol. The molecule has 11 aromatic rings. The van der Waals surface area contributed by atoms with Crippen molar-refractivity contribution in [2.45, 2.75) is 0 Å². The van der Waals surface area contributed by atoms with Crippen molar-refractivity contribution in [2.75, 3.05) is 0 Å². The third kappa shape index (κ3) is 4.91. The average Bonchev–Trinajstić information content (AvgIpc) is 3.60. The van der Waals surface area contributed by atoms with Crippen molar-refractivity contribution >= 4 is 74.6 Å². The van der Waals surface area contributed by atoms with Crippen LogP contribution in [0, 0.1) is 0 Å². The van der Waals surface area contributed by atoms with Crippen LogP contribution in [0.5, 0.6) is 0 Å². The minimum Gasteiger partial charge on any atom is -0.208 e. The molecule has 11 rings (SSSR count). The summed E-state index contributed by atoms with van der Waals surface area (Å²) in [5, 5.41) is 12.5. The zero-order chi connectivity index (χ0) is 34.9. The highest BCUT2D eigenvalue weighted by atomic mass is 32.1. The molecular formula is C49H29N3S. The Morgan fingerprint density at radius 1 is 0.321 bits per heavy atom. The van der Waals surface area contributed by atoms with E-state index in [0.29, 0.717) is 17.5 Å². The number of nitrogens with zero attached hydrogens (tertiary/aromatic N) is 3. The number of thiophene rings is 1. The Balaban J connectivity index is 1.19. The molecule has 0 aliphatic carbocycles. The number of hydrogen-bond donors (Lipinski definition) is 0. The van der Waals surface area contributed by atoms with Crippen LogP contribution in [-0.4, -0.2) is 15.0 Å². The summed E-state index contributed by atoms with van der Waals surface area (Å²) in [4.78, 5) is 15.2. The average molecular weight is 692 g/mol. The van der Waals surface area contributed by atoms with Crippen LogP contribution in [0.4, 0.5) is 0 Å². The first-order valence-electron chi connectivity index (χ1n) is 17.9. The van der Waals surface area contributed by atoms with Crippen molar-refractivity contribution in [3.8, 4) is 45.3 Å². The second-order valence-electron chi connectivity index (χ2n) is 13.6. The Hall–Kier alpha value is -6.75. The first-order chi connectivity index (χ1) is 26.2. The van der Waals surface area contributed by atoms with Gasteiger partial charge in [0.1, 0.15) is 0 Å². The molecule has 0 amide bonds. The van der Waals surface area contributed by atoms with Crippen molar-refractivity contribution in [3.05, 3.63) is 176 Å². The fourth-order valence-corrected chi connectivity index (χ4v) is 9.24. The molecule has 0 saturated heterocycles. The molecule has 0 radical (unpaired) electrons. The molecule has 2 aromatic heterocycles. The predicted octanol–water partition coefficient (Wildman–Crippen LogP) is 13.5. The van der Waals surface area contributed by atoms with Crippen molar-refractivity contribution in [3.63, 3.8) is 0 Å². The molecule has 0 atom stereocenters. The molecule has 0 bridgehead atoms. The van der Waals surface area contributed by atoms with Crippen molar-refractivity contribution in [1.82, 2.24) is 15.0 Å². The predicted molar refractivity (Wildman–Crippen MR) is 224 cm³/mol. The third-order valence-corrected chi connectivity index (χ3v) is 11.6. The highest BCUT2D eigenvalue weighted by Gasteiger charge is 2.19. The highest BCUT2D eigenvalue weighted by Crippen LogP contribution is 2.47. The number of rotatable bonds is 4. The van der Waals surface area contributed by atoms with Crippen LogP contribution in [0.15, 0.2) is 176 Å². The monoisotopic (exact) mass is 691 g/mol. The minimum absolute atomic E-state index is 0.656. The van der Waals surface area contributed by atoms with Crippen molar-refractivity contribution in [2.24, 2.45) is 0 Å². The minimum atomic E-state index is 0.656. The Kier molecular flexibility index (Phi) is 6.73. The summed E-state index contributed by atoms with van der Waals surface area (Å²) < 4.78 is 2.62. The van der Waals surface area contributed by atoms with E-state index in [1.54, 1.807) is 0 Å². The Labute approximate surface area is 309 Å². The van der Waals surface area contributed by atoms with E-state index in [0.717, 1.165) is 27.5 Å². The lowest BCUT2D eigenvalue weighted by Crippen LogP contribution is -2.00. The molecule has 246 valence electrons. The normalized spacial score (nSPS) is 11.8. The quantitative estimate of drug-likeness (QED) is 0.172. The fourth-order valence-electron chi connectivity index (χ4n) is 7.91. The van der Waals surface area contributed by atoms with Gasteiger partial charge in [-0.1, -0.05) is 152 Å². The van der Waals surface area contributed by atoms with Gasteiger partial charge < -0.3 is 0 Å². The van der Waals surface area contributed by atoms with Crippen LogP contribution >= 0.6 is 11.3 Å². The first-order valence-corrected chi connectivity index (χ1v) is 18.7. The van der Waals surface area contributed by atoms with Gasteiger partial charge in [-0.15, -0.1) is 11.3 Å². The lowest BCUT2D eigenvalue weighted by molar-refractivity contribution is 1.08. The number of hydrogen-bond acceptors (Lipinski definition) is 4. The van der Waals surface area contributed by atoms with Gasteiger partial charge in [-0.3, -0.25) is 0 Å². The topological polar surface area (TPSA) is 38.7 Å². The highest BCUT2D eigenvalue weighted by molar-refractivity contribution is 7.27. The smallest absolute Gasteiger partial charge is 0.164 e. The Morgan fingerprint density at radius 3 is 1.66 bits per heavy atom. The Bertz CT molecular complexity index is 3160. The molecule has 0 aliphatic rings.